The van der Waals surface area contributed by atoms with E-state index in [1.165, 1.54) is 77.0 Å². The van der Waals surface area contributed by atoms with E-state index in [4.69, 9.17) is 30.7 Å². The maximum atomic E-state index is 8.88. The third kappa shape index (κ3) is 13.9. The molecule has 7 N–H and O–H groups in total. The van der Waals surface area contributed by atoms with E-state index in [0.717, 1.165) is 12.8 Å². The van der Waals surface area contributed by atoms with E-state index in [2.05, 4.69) is 34.6 Å². The maximum absolute atomic E-state index is 8.88. The molecule has 29 heavy (non-hydrogen) atoms. The molecule has 0 heterocycles. The standard InChI is InChI=1S/C22H48N2.H3O4P/c1-6-11-16-20(15-10-5)21(17-12-7-2,18-13-8-3)22(23,24)19-14-9-4;1-5(2,3)4/h20H,6-19,23-24H2,1-5H3;(H3,1,2,3,4). The molecule has 7 heteroatoms. The summed E-state index contributed by atoms with van der Waals surface area (Å²) in [6.07, 6.45) is 17.2. The molecule has 0 saturated heterocycles. The van der Waals surface area contributed by atoms with Crippen LogP contribution in [0.5, 0.6) is 0 Å². The van der Waals surface area contributed by atoms with Gasteiger partial charge in [-0.3, -0.25) is 0 Å². The summed E-state index contributed by atoms with van der Waals surface area (Å²) in [6.45, 7) is 11.5. The predicted molar refractivity (Wildman–Crippen MR) is 124 cm³/mol. The van der Waals surface area contributed by atoms with Gasteiger partial charge in [0.2, 0.25) is 0 Å². The van der Waals surface area contributed by atoms with Crippen LogP contribution in [0.2, 0.25) is 0 Å². The Labute approximate surface area is 180 Å². The quantitative estimate of drug-likeness (QED) is 0.152. The lowest BCUT2D eigenvalue weighted by atomic mass is 9.58. The minimum absolute atomic E-state index is 0.124. The first-order valence-corrected chi connectivity index (χ1v) is 13.4. The Bertz CT molecular complexity index is 411. The molecule has 0 saturated carbocycles. The number of hydrogen-bond acceptors (Lipinski definition) is 3. The molecular weight excluding hydrogens is 387 g/mol. The van der Waals surface area contributed by atoms with Crippen molar-refractivity contribution in [3.8, 4) is 0 Å². The van der Waals surface area contributed by atoms with Crippen molar-refractivity contribution in [1.82, 2.24) is 0 Å². The van der Waals surface area contributed by atoms with Crippen molar-refractivity contribution in [2.75, 3.05) is 0 Å². The molecule has 1 atom stereocenters. The smallest absolute Gasteiger partial charge is 0.313 e. The zero-order chi connectivity index (χ0) is 23.0. The van der Waals surface area contributed by atoms with Gasteiger partial charge < -0.3 is 26.1 Å². The van der Waals surface area contributed by atoms with Crippen LogP contribution in [0, 0.1) is 11.3 Å². The van der Waals surface area contributed by atoms with Crippen LogP contribution in [0.4, 0.5) is 0 Å². The molecule has 0 rings (SSSR count). The highest BCUT2D eigenvalue weighted by Crippen LogP contribution is 2.50. The van der Waals surface area contributed by atoms with Crippen molar-refractivity contribution in [2.45, 2.75) is 130 Å². The average Bonchev–Trinajstić information content (AvgIpc) is 2.62. The second-order valence-corrected chi connectivity index (χ2v) is 9.67. The molecule has 178 valence electrons. The minimum atomic E-state index is -4.64. The van der Waals surface area contributed by atoms with Crippen LogP contribution in [0.3, 0.4) is 0 Å². The second kappa shape index (κ2) is 16.7. The van der Waals surface area contributed by atoms with Crippen molar-refractivity contribution < 1.29 is 19.2 Å². The van der Waals surface area contributed by atoms with Gasteiger partial charge in [-0.1, -0.05) is 98.8 Å². The number of rotatable bonds is 16. The summed E-state index contributed by atoms with van der Waals surface area (Å²) < 4.78 is 8.88. The summed E-state index contributed by atoms with van der Waals surface area (Å²) in [6, 6.07) is 0. The van der Waals surface area contributed by atoms with Gasteiger partial charge in [-0.05, 0) is 31.6 Å². The Morgan fingerprint density at radius 1 is 0.690 bits per heavy atom. The Kier molecular flexibility index (Phi) is 18.0. The van der Waals surface area contributed by atoms with Crippen LogP contribution in [-0.4, -0.2) is 20.3 Å². The first kappa shape index (κ1) is 31.2. The topological polar surface area (TPSA) is 130 Å². The molecule has 0 aliphatic carbocycles. The molecule has 1 unspecified atom stereocenters. The number of hydrogen-bond donors (Lipinski definition) is 5. The highest BCUT2D eigenvalue weighted by atomic mass is 31.2. The molecular formula is C22H51N2O4P. The van der Waals surface area contributed by atoms with Crippen LogP contribution in [-0.2, 0) is 4.57 Å². The van der Waals surface area contributed by atoms with Gasteiger partial charge in [-0.15, -0.1) is 0 Å². The number of phosphoric acid groups is 1. The van der Waals surface area contributed by atoms with Crippen LogP contribution in [0.25, 0.3) is 0 Å². The Morgan fingerprint density at radius 2 is 1.07 bits per heavy atom. The lowest BCUT2D eigenvalue weighted by Gasteiger charge is -2.52. The van der Waals surface area contributed by atoms with Crippen LogP contribution >= 0.6 is 7.82 Å². The van der Waals surface area contributed by atoms with E-state index in [1.807, 2.05) is 0 Å². The largest absolute Gasteiger partial charge is 0.466 e. The van der Waals surface area contributed by atoms with Gasteiger partial charge in [0.05, 0.1) is 5.66 Å². The van der Waals surface area contributed by atoms with Crippen molar-refractivity contribution in [3.63, 3.8) is 0 Å². The molecule has 0 aliphatic rings. The fraction of sp³-hybridized carbons (Fsp3) is 1.00. The van der Waals surface area contributed by atoms with Gasteiger partial charge in [0.25, 0.3) is 0 Å². The summed E-state index contributed by atoms with van der Waals surface area (Å²) in [5, 5.41) is 0. The van der Waals surface area contributed by atoms with Crippen molar-refractivity contribution in [3.05, 3.63) is 0 Å². The minimum Gasteiger partial charge on any atom is -0.313 e. The summed E-state index contributed by atoms with van der Waals surface area (Å²) in [5.41, 5.74) is 13.5. The summed E-state index contributed by atoms with van der Waals surface area (Å²) in [7, 11) is -4.64. The number of nitrogens with two attached hydrogens (primary N) is 2. The van der Waals surface area contributed by atoms with Crippen molar-refractivity contribution in [1.29, 1.82) is 0 Å². The van der Waals surface area contributed by atoms with Gasteiger partial charge in [-0.2, -0.15) is 0 Å². The third-order valence-electron chi connectivity index (χ3n) is 6.15. The monoisotopic (exact) mass is 438 g/mol. The molecule has 0 aliphatic heterocycles. The first-order chi connectivity index (χ1) is 13.5. The normalized spacial score (nSPS) is 13.7. The molecule has 0 fully saturated rings. The zero-order valence-corrected chi connectivity index (χ0v) is 20.7. The average molecular weight is 439 g/mol. The zero-order valence-electron chi connectivity index (χ0n) is 19.8. The Morgan fingerprint density at radius 3 is 1.41 bits per heavy atom. The molecule has 6 nitrogen and oxygen atoms in total. The highest BCUT2D eigenvalue weighted by Gasteiger charge is 2.49. The van der Waals surface area contributed by atoms with E-state index < -0.39 is 13.5 Å². The van der Waals surface area contributed by atoms with Gasteiger partial charge in [0, 0.05) is 5.41 Å². The summed E-state index contributed by atoms with van der Waals surface area (Å²) >= 11 is 0. The fourth-order valence-electron chi connectivity index (χ4n) is 4.58. The van der Waals surface area contributed by atoms with Gasteiger partial charge >= 0.3 is 7.82 Å². The Balaban J connectivity index is 0. The van der Waals surface area contributed by atoms with Gasteiger partial charge in [0.15, 0.2) is 0 Å². The van der Waals surface area contributed by atoms with Gasteiger partial charge in [0.1, 0.15) is 0 Å². The van der Waals surface area contributed by atoms with E-state index >= 15 is 0 Å². The summed E-state index contributed by atoms with van der Waals surface area (Å²) in [4.78, 5) is 21.6. The molecule has 0 radical (unpaired) electrons. The fourth-order valence-corrected chi connectivity index (χ4v) is 4.58. The molecule has 0 bridgehead atoms. The second-order valence-electron chi connectivity index (χ2n) is 8.65. The molecule has 0 aromatic rings. The summed E-state index contributed by atoms with van der Waals surface area (Å²) in [5.74, 6) is 0.687. The predicted octanol–water partition coefficient (Wildman–Crippen LogP) is 5.84. The molecule has 0 aromatic carbocycles. The van der Waals surface area contributed by atoms with E-state index in [0.29, 0.717) is 5.92 Å². The van der Waals surface area contributed by atoms with Crippen LogP contribution < -0.4 is 11.5 Å². The lowest BCUT2D eigenvalue weighted by molar-refractivity contribution is 0.00252. The molecule has 0 amide bonds. The highest BCUT2D eigenvalue weighted by molar-refractivity contribution is 7.45. The van der Waals surface area contributed by atoms with Crippen LogP contribution in [0.15, 0.2) is 0 Å². The van der Waals surface area contributed by atoms with Crippen molar-refractivity contribution >= 4 is 7.82 Å². The SMILES string of the molecule is CCCCC(CCC)C(CCCC)(CCCC)C(N)(N)CCCC.O=P(O)(O)O. The lowest BCUT2D eigenvalue weighted by Crippen LogP contribution is -2.65. The molecule has 0 spiro atoms. The van der Waals surface area contributed by atoms with Gasteiger partial charge in [-0.25, -0.2) is 4.57 Å². The molecule has 0 aromatic heterocycles. The number of unbranched alkanes of at least 4 members (excludes halogenated alkanes) is 4. The van der Waals surface area contributed by atoms with Crippen LogP contribution in [0.1, 0.15) is 125 Å². The van der Waals surface area contributed by atoms with E-state index in [1.54, 1.807) is 0 Å². The maximum Gasteiger partial charge on any atom is 0.466 e. The van der Waals surface area contributed by atoms with Crippen molar-refractivity contribution in [2.24, 2.45) is 22.8 Å². The van der Waals surface area contributed by atoms with E-state index in [-0.39, 0.29) is 5.41 Å². The Hall–Kier alpha value is 0.0300. The van der Waals surface area contributed by atoms with E-state index in [9.17, 15) is 0 Å². The first-order valence-electron chi connectivity index (χ1n) is 11.8. The third-order valence-corrected chi connectivity index (χ3v) is 6.15.